The number of nitriles is 1. The molecule has 0 N–H and O–H groups in total. The zero-order valence-corrected chi connectivity index (χ0v) is 13.9. The second-order valence-electron chi connectivity index (χ2n) is 6.36. The Labute approximate surface area is 141 Å². The van der Waals surface area contributed by atoms with Gasteiger partial charge in [-0.25, -0.2) is 4.98 Å². The molecule has 120 valence electrons. The van der Waals surface area contributed by atoms with Gasteiger partial charge in [-0.1, -0.05) is 18.2 Å². The average molecular weight is 316 g/mol. The van der Waals surface area contributed by atoms with Gasteiger partial charge in [-0.3, -0.25) is 4.40 Å². The molecule has 0 atom stereocenters. The van der Waals surface area contributed by atoms with Gasteiger partial charge < -0.3 is 4.90 Å². The van der Waals surface area contributed by atoms with Crippen molar-refractivity contribution in [1.82, 2.24) is 9.38 Å². The molecule has 3 aromatic rings. The standard InChI is InChI=1S/C20H20N4/c1-3-8-15-14(2)16(13-21)19-22-17-9-4-5-10-18(17)24(19)20(15)23-11-6-7-12-23/h3-5,9-10H,1,6-8,11-12H2,2H3. The monoisotopic (exact) mass is 316 g/mol. The van der Waals surface area contributed by atoms with Crippen LogP contribution >= 0.6 is 0 Å². The maximum atomic E-state index is 9.75. The number of fused-ring (bicyclic) bond motifs is 3. The Bertz CT molecular complexity index is 984. The lowest BCUT2D eigenvalue weighted by molar-refractivity contribution is 0.903. The molecule has 1 aliphatic heterocycles. The predicted molar refractivity (Wildman–Crippen MR) is 97.5 cm³/mol. The average Bonchev–Trinajstić information content (AvgIpc) is 3.24. The molecule has 24 heavy (non-hydrogen) atoms. The van der Waals surface area contributed by atoms with E-state index >= 15 is 0 Å². The highest BCUT2D eigenvalue weighted by atomic mass is 15.2. The summed E-state index contributed by atoms with van der Waals surface area (Å²) in [5, 5.41) is 9.75. The molecule has 1 aliphatic rings. The first kappa shape index (κ1) is 14.8. The van der Waals surface area contributed by atoms with E-state index in [-0.39, 0.29) is 0 Å². The Kier molecular flexibility index (Phi) is 3.50. The van der Waals surface area contributed by atoms with Gasteiger partial charge in [0.05, 0.1) is 16.6 Å². The number of rotatable bonds is 3. The van der Waals surface area contributed by atoms with Crippen molar-refractivity contribution in [3.63, 3.8) is 0 Å². The lowest BCUT2D eigenvalue weighted by Crippen LogP contribution is -2.23. The van der Waals surface area contributed by atoms with E-state index in [4.69, 9.17) is 4.98 Å². The van der Waals surface area contributed by atoms with E-state index in [0.717, 1.165) is 41.8 Å². The van der Waals surface area contributed by atoms with Crippen LogP contribution in [0.2, 0.25) is 0 Å². The Morgan fingerprint density at radius 3 is 2.75 bits per heavy atom. The van der Waals surface area contributed by atoms with E-state index in [1.54, 1.807) is 0 Å². The van der Waals surface area contributed by atoms with Crippen molar-refractivity contribution in [2.24, 2.45) is 0 Å². The van der Waals surface area contributed by atoms with E-state index in [0.29, 0.717) is 5.56 Å². The van der Waals surface area contributed by atoms with Crippen LogP contribution in [0.4, 0.5) is 5.82 Å². The van der Waals surface area contributed by atoms with Crippen molar-refractivity contribution in [2.45, 2.75) is 26.2 Å². The molecular formula is C20H20N4. The van der Waals surface area contributed by atoms with E-state index in [9.17, 15) is 5.26 Å². The highest BCUT2D eigenvalue weighted by molar-refractivity contribution is 5.86. The van der Waals surface area contributed by atoms with Crippen LogP contribution in [0.5, 0.6) is 0 Å². The number of allylic oxidation sites excluding steroid dienone is 1. The lowest BCUT2D eigenvalue weighted by atomic mass is 10.0. The number of hydrogen-bond donors (Lipinski definition) is 0. The van der Waals surface area contributed by atoms with Crippen molar-refractivity contribution < 1.29 is 0 Å². The van der Waals surface area contributed by atoms with Crippen molar-refractivity contribution in [3.8, 4) is 6.07 Å². The minimum Gasteiger partial charge on any atom is -0.357 e. The van der Waals surface area contributed by atoms with Gasteiger partial charge >= 0.3 is 0 Å². The van der Waals surface area contributed by atoms with Gasteiger partial charge in [0.25, 0.3) is 0 Å². The van der Waals surface area contributed by atoms with E-state index in [1.807, 2.05) is 31.2 Å². The van der Waals surface area contributed by atoms with Crippen LogP contribution in [0.3, 0.4) is 0 Å². The summed E-state index contributed by atoms with van der Waals surface area (Å²) in [6.07, 6.45) is 5.10. The Morgan fingerprint density at radius 2 is 2.04 bits per heavy atom. The molecule has 0 unspecified atom stereocenters. The smallest absolute Gasteiger partial charge is 0.157 e. The fraction of sp³-hybridized carbons (Fsp3) is 0.300. The normalized spacial score (nSPS) is 14.4. The van der Waals surface area contributed by atoms with Gasteiger partial charge in [-0.15, -0.1) is 6.58 Å². The molecule has 3 heterocycles. The molecule has 4 nitrogen and oxygen atoms in total. The summed E-state index contributed by atoms with van der Waals surface area (Å²) in [7, 11) is 0. The molecule has 1 fully saturated rings. The van der Waals surface area contributed by atoms with Crippen LogP contribution in [0.25, 0.3) is 16.7 Å². The molecule has 0 amide bonds. The van der Waals surface area contributed by atoms with Crippen LogP contribution in [0.1, 0.15) is 29.5 Å². The van der Waals surface area contributed by atoms with Gasteiger partial charge in [0.2, 0.25) is 0 Å². The van der Waals surface area contributed by atoms with Crippen LogP contribution < -0.4 is 4.90 Å². The van der Waals surface area contributed by atoms with Gasteiger partial charge in [-0.2, -0.15) is 5.26 Å². The number of imidazole rings is 1. The molecule has 1 aromatic carbocycles. The summed E-state index contributed by atoms with van der Waals surface area (Å²) in [5.74, 6) is 1.19. The number of para-hydroxylation sites is 2. The zero-order valence-electron chi connectivity index (χ0n) is 13.9. The molecule has 0 bridgehead atoms. The first-order valence-corrected chi connectivity index (χ1v) is 8.45. The largest absolute Gasteiger partial charge is 0.357 e. The Hall–Kier alpha value is -2.80. The number of hydrogen-bond acceptors (Lipinski definition) is 3. The predicted octanol–water partition coefficient (Wildman–Crippen LogP) is 4.00. The Morgan fingerprint density at radius 1 is 1.29 bits per heavy atom. The molecule has 4 heteroatoms. The summed E-state index contributed by atoms with van der Waals surface area (Å²) >= 11 is 0. The SMILES string of the molecule is C=CCc1c(C)c(C#N)c2nc3ccccc3n2c1N1CCCC1. The van der Waals surface area contributed by atoms with Crippen LogP contribution in [0, 0.1) is 18.3 Å². The van der Waals surface area contributed by atoms with Gasteiger partial charge in [-0.05, 0) is 43.9 Å². The van der Waals surface area contributed by atoms with Crippen molar-refractivity contribution >= 4 is 22.5 Å². The van der Waals surface area contributed by atoms with Crippen molar-refractivity contribution in [3.05, 3.63) is 53.6 Å². The number of anilines is 1. The minimum absolute atomic E-state index is 0.672. The first-order chi connectivity index (χ1) is 11.8. The molecule has 0 saturated carbocycles. The highest BCUT2D eigenvalue weighted by Crippen LogP contribution is 2.35. The Balaban J connectivity index is 2.20. The maximum absolute atomic E-state index is 9.75. The molecule has 0 spiro atoms. The van der Waals surface area contributed by atoms with Gasteiger partial charge in [0.15, 0.2) is 5.65 Å². The molecule has 2 aromatic heterocycles. The zero-order chi connectivity index (χ0) is 16.7. The van der Waals surface area contributed by atoms with E-state index < -0.39 is 0 Å². The summed E-state index contributed by atoms with van der Waals surface area (Å²) in [6.45, 7) is 8.07. The fourth-order valence-electron chi connectivity index (χ4n) is 3.81. The quantitative estimate of drug-likeness (QED) is 0.686. The van der Waals surface area contributed by atoms with Crippen molar-refractivity contribution in [2.75, 3.05) is 18.0 Å². The first-order valence-electron chi connectivity index (χ1n) is 8.45. The van der Waals surface area contributed by atoms with Gasteiger partial charge in [0, 0.05) is 18.7 Å². The summed E-state index contributed by atoms with van der Waals surface area (Å²) < 4.78 is 2.19. The topological polar surface area (TPSA) is 44.3 Å². The fourth-order valence-corrected chi connectivity index (χ4v) is 3.81. The number of nitrogens with zero attached hydrogens (tertiary/aromatic N) is 4. The number of benzene rings is 1. The lowest BCUT2D eigenvalue weighted by Gasteiger charge is -2.25. The number of aromatic nitrogens is 2. The molecule has 0 aliphatic carbocycles. The summed E-state index contributed by atoms with van der Waals surface area (Å²) in [5.41, 5.74) is 5.67. The van der Waals surface area contributed by atoms with Crippen LogP contribution in [-0.2, 0) is 6.42 Å². The third-order valence-electron chi connectivity index (χ3n) is 4.96. The van der Waals surface area contributed by atoms with E-state index in [2.05, 4.69) is 28.0 Å². The number of pyridine rings is 1. The second-order valence-corrected chi connectivity index (χ2v) is 6.36. The summed E-state index contributed by atoms with van der Waals surface area (Å²) in [4.78, 5) is 7.21. The molecular weight excluding hydrogens is 296 g/mol. The molecule has 1 saturated heterocycles. The van der Waals surface area contributed by atoms with E-state index in [1.165, 1.54) is 24.2 Å². The maximum Gasteiger partial charge on any atom is 0.157 e. The van der Waals surface area contributed by atoms with Crippen molar-refractivity contribution in [1.29, 1.82) is 5.26 Å². The second kappa shape index (κ2) is 5.68. The van der Waals surface area contributed by atoms with Crippen LogP contribution in [-0.4, -0.2) is 22.5 Å². The molecule has 0 radical (unpaired) electrons. The highest BCUT2D eigenvalue weighted by Gasteiger charge is 2.25. The summed E-state index contributed by atoms with van der Waals surface area (Å²) in [6, 6.07) is 10.5. The van der Waals surface area contributed by atoms with Crippen LogP contribution in [0.15, 0.2) is 36.9 Å². The molecule has 4 rings (SSSR count). The third-order valence-corrected chi connectivity index (χ3v) is 4.96. The third kappa shape index (κ3) is 2.01. The van der Waals surface area contributed by atoms with Gasteiger partial charge in [0.1, 0.15) is 11.9 Å². The minimum atomic E-state index is 0.672.